The Morgan fingerprint density at radius 3 is 2.58 bits per heavy atom. The fourth-order valence-electron chi connectivity index (χ4n) is 2.06. The Balaban J connectivity index is 2.75. The smallest absolute Gasteiger partial charge is 0.360 e. The molecule has 1 aromatic carbocycles. The molecule has 0 amide bonds. The summed E-state index contributed by atoms with van der Waals surface area (Å²) >= 11 is 6.30. The molecule has 0 radical (unpaired) electrons. The third-order valence-corrected chi connectivity index (χ3v) is 3.53. The first-order valence-electron chi connectivity index (χ1n) is 6.07. The molecule has 4 nitrogen and oxygen atoms in total. The molecule has 100 valence electrons. The van der Waals surface area contributed by atoms with Crippen molar-refractivity contribution in [3.63, 3.8) is 0 Å². The van der Waals surface area contributed by atoms with E-state index >= 15 is 0 Å². The van der Waals surface area contributed by atoms with E-state index in [1.54, 1.807) is 6.92 Å². The molecule has 1 aromatic heterocycles. The van der Waals surface area contributed by atoms with E-state index in [-0.39, 0.29) is 12.3 Å². The summed E-state index contributed by atoms with van der Waals surface area (Å²) in [5.41, 5.74) is 3.92. The number of aromatic nitrogens is 2. The standard InChI is InChI=1S/C14H15ClN2O2/c1-5-19-14(18)13-11(15)10-8(3)6-7(2)9(4)12(10)16-17-13/h6H,5H2,1-4H3. The maximum absolute atomic E-state index is 11.8. The Hall–Kier alpha value is -1.68. The lowest BCUT2D eigenvalue weighted by atomic mass is 10.0. The summed E-state index contributed by atoms with van der Waals surface area (Å²) < 4.78 is 4.93. The summed E-state index contributed by atoms with van der Waals surface area (Å²) in [5, 5.41) is 9.12. The van der Waals surface area contributed by atoms with E-state index in [0.717, 1.165) is 27.6 Å². The number of aryl methyl sites for hydroxylation is 3. The number of ether oxygens (including phenoxy) is 1. The zero-order chi connectivity index (χ0) is 14.2. The Morgan fingerprint density at radius 2 is 1.95 bits per heavy atom. The van der Waals surface area contributed by atoms with Crippen molar-refractivity contribution in [2.75, 3.05) is 6.61 Å². The average Bonchev–Trinajstić information content (AvgIpc) is 2.35. The second kappa shape index (κ2) is 5.13. The fraction of sp³-hybridized carbons (Fsp3) is 0.357. The monoisotopic (exact) mass is 278 g/mol. The van der Waals surface area contributed by atoms with Gasteiger partial charge in [-0.3, -0.25) is 0 Å². The van der Waals surface area contributed by atoms with Crippen molar-refractivity contribution >= 4 is 28.5 Å². The van der Waals surface area contributed by atoms with E-state index < -0.39 is 5.97 Å². The maximum Gasteiger partial charge on any atom is 0.360 e. The Kier molecular flexibility index (Phi) is 3.71. The third kappa shape index (κ3) is 2.28. The quantitative estimate of drug-likeness (QED) is 0.790. The zero-order valence-electron chi connectivity index (χ0n) is 11.4. The molecule has 0 saturated heterocycles. The number of esters is 1. The minimum atomic E-state index is -0.542. The van der Waals surface area contributed by atoms with Gasteiger partial charge in [0.05, 0.1) is 17.1 Å². The van der Waals surface area contributed by atoms with Gasteiger partial charge in [0.2, 0.25) is 0 Å². The van der Waals surface area contributed by atoms with E-state index in [4.69, 9.17) is 16.3 Å². The molecule has 0 atom stereocenters. The zero-order valence-corrected chi connectivity index (χ0v) is 12.1. The van der Waals surface area contributed by atoms with Crippen LogP contribution in [0, 0.1) is 20.8 Å². The molecule has 0 aliphatic heterocycles. The van der Waals surface area contributed by atoms with Gasteiger partial charge in [0.15, 0.2) is 5.69 Å². The molecule has 0 fully saturated rings. The molecular formula is C14H15ClN2O2. The topological polar surface area (TPSA) is 52.1 Å². The van der Waals surface area contributed by atoms with Crippen molar-refractivity contribution in [3.05, 3.63) is 33.5 Å². The highest BCUT2D eigenvalue weighted by molar-refractivity contribution is 6.38. The number of hydrogen-bond acceptors (Lipinski definition) is 4. The van der Waals surface area contributed by atoms with Crippen molar-refractivity contribution in [2.45, 2.75) is 27.7 Å². The van der Waals surface area contributed by atoms with Crippen LogP contribution in [0.1, 0.15) is 34.1 Å². The summed E-state index contributed by atoms with van der Waals surface area (Å²) in [6.45, 7) is 7.93. The van der Waals surface area contributed by atoms with Crippen molar-refractivity contribution in [2.24, 2.45) is 0 Å². The molecule has 0 aliphatic carbocycles. The summed E-state index contributed by atoms with van der Waals surface area (Å²) in [6, 6.07) is 2.03. The normalized spacial score (nSPS) is 10.8. The summed E-state index contributed by atoms with van der Waals surface area (Å²) in [4.78, 5) is 11.8. The van der Waals surface area contributed by atoms with Gasteiger partial charge in [0.25, 0.3) is 0 Å². The number of benzene rings is 1. The molecule has 0 N–H and O–H groups in total. The van der Waals surface area contributed by atoms with Crippen molar-refractivity contribution in [3.8, 4) is 0 Å². The first-order valence-corrected chi connectivity index (χ1v) is 6.45. The Labute approximate surface area is 116 Å². The van der Waals surface area contributed by atoms with Crippen LogP contribution in [0.2, 0.25) is 5.02 Å². The van der Waals surface area contributed by atoms with Crippen LogP contribution in [0.4, 0.5) is 0 Å². The molecule has 19 heavy (non-hydrogen) atoms. The van der Waals surface area contributed by atoms with Crippen LogP contribution in [0.25, 0.3) is 10.9 Å². The van der Waals surface area contributed by atoms with Crippen LogP contribution in [0.3, 0.4) is 0 Å². The SMILES string of the molecule is CCOC(=O)c1nnc2c(C)c(C)cc(C)c2c1Cl. The van der Waals surface area contributed by atoms with E-state index in [0.29, 0.717) is 5.02 Å². The van der Waals surface area contributed by atoms with Crippen LogP contribution < -0.4 is 0 Å². The fourth-order valence-corrected chi connectivity index (χ4v) is 2.41. The van der Waals surface area contributed by atoms with E-state index in [1.165, 1.54) is 0 Å². The number of halogens is 1. The lowest BCUT2D eigenvalue weighted by Gasteiger charge is -2.11. The minimum absolute atomic E-state index is 0.0716. The van der Waals surface area contributed by atoms with Crippen molar-refractivity contribution in [1.82, 2.24) is 10.2 Å². The third-order valence-electron chi connectivity index (χ3n) is 3.16. The molecule has 0 saturated carbocycles. The van der Waals surface area contributed by atoms with E-state index in [1.807, 2.05) is 26.8 Å². The first-order chi connectivity index (χ1) is 8.97. The largest absolute Gasteiger partial charge is 0.461 e. The molecule has 5 heteroatoms. The van der Waals surface area contributed by atoms with Gasteiger partial charge in [-0.1, -0.05) is 17.7 Å². The first kappa shape index (κ1) is 13.7. The molecule has 2 aromatic rings. The number of rotatable bonds is 2. The van der Waals surface area contributed by atoms with Gasteiger partial charge in [0, 0.05) is 5.39 Å². The highest BCUT2D eigenvalue weighted by atomic mass is 35.5. The second-order valence-electron chi connectivity index (χ2n) is 4.44. The Bertz CT molecular complexity index is 668. The van der Waals surface area contributed by atoms with Gasteiger partial charge < -0.3 is 4.74 Å². The van der Waals surface area contributed by atoms with Gasteiger partial charge in [-0.2, -0.15) is 0 Å². The predicted molar refractivity (Wildman–Crippen MR) is 74.7 cm³/mol. The molecule has 0 unspecified atom stereocenters. The molecular weight excluding hydrogens is 264 g/mol. The second-order valence-corrected chi connectivity index (χ2v) is 4.82. The van der Waals surface area contributed by atoms with Crippen molar-refractivity contribution in [1.29, 1.82) is 0 Å². The molecule has 0 bridgehead atoms. The van der Waals surface area contributed by atoms with Crippen LogP contribution in [0.15, 0.2) is 6.07 Å². The minimum Gasteiger partial charge on any atom is -0.461 e. The number of nitrogens with zero attached hydrogens (tertiary/aromatic N) is 2. The summed E-state index contributed by atoms with van der Waals surface area (Å²) in [7, 11) is 0. The predicted octanol–water partition coefficient (Wildman–Crippen LogP) is 3.39. The highest BCUT2D eigenvalue weighted by Crippen LogP contribution is 2.31. The molecule has 0 aliphatic rings. The summed E-state index contributed by atoms with van der Waals surface area (Å²) in [6.07, 6.45) is 0. The number of carbonyl (C=O) groups excluding carboxylic acids is 1. The van der Waals surface area contributed by atoms with Crippen LogP contribution in [-0.2, 0) is 4.74 Å². The van der Waals surface area contributed by atoms with Crippen molar-refractivity contribution < 1.29 is 9.53 Å². The molecule has 0 spiro atoms. The van der Waals surface area contributed by atoms with E-state index in [9.17, 15) is 4.79 Å². The maximum atomic E-state index is 11.8. The number of carbonyl (C=O) groups is 1. The van der Waals surface area contributed by atoms with Gasteiger partial charge in [-0.05, 0) is 44.4 Å². The number of fused-ring (bicyclic) bond motifs is 1. The lowest BCUT2D eigenvalue weighted by molar-refractivity contribution is 0.0518. The van der Waals surface area contributed by atoms with Crippen LogP contribution in [0.5, 0.6) is 0 Å². The summed E-state index contributed by atoms with van der Waals surface area (Å²) in [5.74, 6) is -0.542. The van der Waals surface area contributed by atoms with Crippen LogP contribution >= 0.6 is 11.6 Å². The lowest BCUT2D eigenvalue weighted by Crippen LogP contribution is -2.10. The van der Waals surface area contributed by atoms with Gasteiger partial charge >= 0.3 is 5.97 Å². The van der Waals surface area contributed by atoms with Gasteiger partial charge in [0.1, 0.15) is 0 Å². The molecule has 1 heterocycles. The van der Waals surface area contributed by atoms with Gasteiger partial charge in [-0.15, -0.1) is 10.2 Å². The van der Waals surface area contributed by atoms with Gasteiger partial charge in [-0.25, -0.2) is 4.79 Å². The Morgan fingerprint density at radius 1 is 1.26 bits per heavy atom. The highest BCUT2D eigenvalue weighted by Gasteiger charge is 2.19. The number of hydrogen-bond donors (Lipinski definition) is 0. The van der Waals surface area contributed by atoms with E-state index in [2.05, 4.69) is 10.2 Å². The van der Waals surface area contributed by atoms with Crippen LogP contribution in [-0.4, -0.2) is 22.8 Å². The molecule has 2 rings (SSSR count). The average molecular weight is 279 g/mol.